The third-order valence-electron chi connectivity index (χ3n) is 2.71. The van der Waals surface area contributed by atoms with Gasteiger partial charge in [-0.1, -0.05) is 6.07 Å². The van der Waals surface area contributed by atoms with E-state index < -0.39 is 12.2 Å². The van der Waals surface area contributed by atoms with E-state index in [-0.39, 0.29) is 12.5 Å². The number of para-hydroxylation sites is 1. The van der Waals surface area contributed by atoms with Crippen molar-refractivity contribution in [3.8, 4) is 0 Å². The average molecular weight is 261 g/mol. The predicted molar refractivity (Wildman–Crippen MR) is 69.6 cm³/mol. The number of amides is 1. The second-order valence-electron chi connectivity index (χ2n) is 4.57. The van der Waals surface area contributed by atoms with Gasteiger partial charge in [0, 0.05) is 18.9 Å². The van der Waals surface area contributed by atoms with Crippen LogP contribution in [-0.2, 0) is 0 Å². The normalized spacial score (nSPS) is 14.1. The van der Waals surface area contributed by atoms with E-state index in [1.54, 1.807) is 24.4 Å². The van der Waals surface area contributed by atoms with Crippen molar-refractivity contribution in [2.45, 2.75) is 12.5 Å². The zero-order valence-corrected chi connectivity index (χ0v) is 10.5. The molecule has 6 nitrogen and oxygen atoms in total. The van der Waals surface area contributed by atoms with E-state index in [2.05, 4.69) is 15.3 Å². The summed E-state index contributed by atoms with van der Waals surface area (Å²) in [6.45, 7) is 0.970. The van der Waals surface area contributed by atoms with Crippen molar-refractivity contribution in [3.05, 3.63) is 36.2 Å². The van der Waals surface area contributed by atoms with E-state index in [1.165, 1.54) is 13.1 Å². The minimum Gasteiger partial charge on any atom is -0.393 e. The first kappa shape index (κ1) is 13.4. The molecule has 6 heteroatoms. The SMILES string of the molecule is CC(O)(CO)CNC(=O)c1cccc2nccnc12. The van der Waals surface area contributed by atoms with Gasteiger partial charge in [0.15, 0.2) is 0 Å². The first-order chi connectivity index (χ1) is 9.03. The summed E-state index contributed by atoms with van der Waals surface area (Å²) in [6.07, 6.45) is 3.07. The number of rotatable bonds is 4. The number of nitrogens with one attached hydrogen (secondary N) is 1. The van der Waals surface area contributed by atoms with Crippen LogP contribution in [0, 0.1) is 0 Å². The van der Waals surface area contributed by atoms with Gasteiger partial charge >= 0.3 is 0 Å². The van der Waals surface area contributed by atoms with E-state index in [0.717, 1.165) is 0 Å². The number of carbonyl (C=O) groups excluding carboxylic acids is 1. The summed E-state index contributed by atoms with van der Waals surface area (Å²) in [5.74, 6) is -0.361. The number of nitrogens with zero attached hydrogens (tertiary/aromatic N) is 2. The van der Waals surface area contributed by atoms with Gasteiger partial charge in [-0.25, -0.2) is 0 Å². The molecule has 1 aromatic carbocycles. The lowest BCUT2D eigenvalue weighted by Crippen LogP contribution is -2.43. The van der Waals surface area contributed by atoms with Crippen LogP contribution in [0.1, 0.15) is 17.3 Å². The number of aliphatic hydroxyl groups is 2. The van der Waals surface area contributed by atoms with Crippen LogP contribution in [0.25, 0.3) is 11.0 Å². The molecule has 1 unspecified atom stereocenters. The Bertz CT molecular complexity index is 593. The van der Waals surface area contributed by atoms with Gasteiger partial charge in [0.05, 0.1) is 17.7 Å². The van der Waals surface area contributed by atoms with E-state index in [9.17, 15) is 9.90 Å². The summed E-state index contributed by atoms with van der Waals surface area (Å²) in [7, 11) is 0. The zero-order valence-electron chi connectivity index (χ0n) is 10.5. The minimum absolute atomic E-state index is 0.0427. The molecule has 19 heavy (non-hydrogen) atoms. The predicted octanol–water partition coefficient (Wildman–Crippen LogP) is 0.103. The molecule has 0 saturated carbocycles. The third-order valence-corrected chi connectivity index (χ3v) is 2.71. The number of hydrogen-bond donors (Lipinski definition) is 3. The fourth-order valence-corrected chi connectivity index (χ4v) is 1.60. The molecule has 0 bridgehead atoms. The highest BCUT2D eigenvalue weighted by atomic mass is 16.3. The highest BCUT2D eigenvalue weighted by Crippen LogP contribution is 2.13. The average Bonchev–Trinajstić information content (AvgIpc) is 2.44. The van der Waals surface area contributed by atoms with Crippen molar-refractivity contribution >= 4 is 16.9 Å². The van der Waals surface area contributed by atoms with Crippen LogP contribution in [0.3, 0.4) is 0 Å². The van der Waals surface area contributed by atoms with Gasteiger partial charge in [0.1, 0.15) is 11.1 Å². The van der Waals surface area contributed by atoms with Crippen LogP contribution in [0.5, 0.6) is 0 Å². The minimum atomic E-state index is -1.34. The van der Waals surface area contributed by atoms with E-state index in [0.29, 0.717) is 16.6 Å². The van der Waals surface area contributed by atoms with Crippen LogP contribution in [0.4, 0.5) is 0 Å². The Kier molecular flexibility index (Phi) is 3.73. The van der Waals surface area contributed by atoms with Gasteiger partial charge in [0.2, 0.25) is 0 Å². The molecule has 2 rings (SSSR count). The van der Waals surface area contributed by atoms with Gasteiger partial charge in [-0.05, 0) is 19.1 Å². The molecular formula is C13H15N3O3. The Morgan fingerprint density at radius 3 is 2.84 bits per heavy atom. The lowest BCUT2D eigenvalue weighted by molar-refractivity contribution is 0.00321. The molecule has 2 aromatic rings. The number of aliphatic hydroxyl groups excluding tert-OH is 1. The zero-order chi connectivity index (χ0) is 13.9. The Morgan fingerprint density at radius 2 is 2.11 bits per heavy atom. The maximum Gasteiger partial charge on any atom is 0.253 e. The summed E-state index contributed by atoms with van der Waals surface area (Å²) < 4.78 is 0. The second kappa shape index (κ2) is 5.29. The van der Waals surface area contributed by atoms with Gasteiger partial charge < -0.3 is 15.5 Å². The molecule has 1 aromatic heterocycles. The Labute approximate surface area is 110 Å². The maximum atomic E-state index is 12.0. The highest BCUT2D eigenvalue weighted by Gasteiger charge is 2.21. The van der Waals surface area contributed by atoms with Gasteiger partial charge in [-0.15, -0.1) is 0 Å². The molecule has 0 fully saturated rings. The maximum absolute atomic E-state index is 12.0. The van der Waals surface area contributed by atoms with Crippen molar-refractivity contribution in [1.29, 1.82) is 0 Å². The monoisotopic (exact) mass is 261 g/mol. The molecule has 0 aliphatic rings. The third kappa shape index (κ3) is 3.04. The summed E-state index contributed by atoms with van der Waals surface area (Å²) in [5, 5.41) is 21.1. The standard InChI is InChI=1S/C13H15N3O3/c1-13(19,8-17)7-16-12(18)9-3-2-4-10-11(9)15-6-5-14-10/h2-6,17,19H,7-8H2,1H3,(H,16,18). The molecular weight excluding hydrogens is 246 g/mol. The number of carbonyl (C=O) groups is 1. The molecule has 1 atom stereocenters. The van der Waals surface area contributed by atoms with Gasteiger partial charge in [-0.2, -0.15) is 0 Å². The van der Waals surface area contributed by atoms with Crippen LogP contribution < -0.4 is 5.32 Å². The molecule has 0 saturated heterocycles. The van der Waals surface area contributed by atoms with Crippen molar-refractivity contribution < 1.29 is 15.0 Å². The molecule has 1 amide bonds. The molecule has 1 heterocycles. The second-order valence-corrected chi connectivity index (χ2v) is 4.57. The largest absolute Gasteiger partial charge is 0.393 e. The topological polar surface area (TPSA) is 95.3 Å². The van der Waals surface area contributed by atoms with Crippen molar-refractivity contribution in [3.63, 3.8) is 0 Å². The van der Waals surface area contributed by atoms with Crippen molar-refractivity contribution in [2.75, 3.05) is 13.2 Å². The molecule has 0 radical (unpaired) electrons. The van der Waals surface area contributed by atoms with Crippen LogP contribution in [0.15, 0.2) is 30.6 Å². The molecule has 100 valence electrons. The van der Waals surface area contributed by atoms with Gasteiger partial charge in [-0.3, -0.25) is 14.8 Å². The van der Waals surface area contributed by atoms with Crippen LogP contribution >= 0.6 is 0 Å². The fraction of sp³-hybridized carbons (Fsp3) is 0.308. The summed E-state index contributed by atoms with van der Waals surface area (Å²) in [5.41, 5.74) is 0.181. The van der Waals surface area contributed by atoms with Crippen LogP contribution in [-0.4, -0.2) is 44.8 Å². The lowest BCUT2D eigenvalue weighted by atomic mass is 10.1. The summed E-state index contributed by atoms with van der Waals surface area (Å²) in [6, 6.07) is 5.12. The summed E-state index contributed by atoms with van der Waals surface area (Å²) in [4.78, 5) is 20.3. The Hall–Kier alpha value is -2.05. The fourth-order valence-electron chi connectivity index (χ4n) is 1.60. The van der Waals surface area contributed by atoms with Gasteiger partial charge in [0.25, 0.3) is 5.91 Å². The lowest BCUT2D eigenvalue weighted by Gasteiger charge is -2.20. The number of hydrogen-bond acceptors (Lipinski definition) is 5. The van der Waals surface area contributed by atoms with E-state index >= 15 is 0 Å². The first-order valence-corrected chi connectivity index (χ1v) is 5.85. The van der Waals surface area contributed by atoms with E-state index in [4.69, 9.17) is 5.11 Å². The Balaban J connectivity index is 2.23. The smallest absolute Gasteiger partial charge is 0.253 e. The molecule has 0 aliphatic heterocycles. The van der Waals surface area contributed by atoms with Crippen molar-refractivity contribution in [2.24, 2.45) is 0 Å². The Morgan fingerprint density at radius 1 is 1.37 bits per heavy atom. The molecule has 3 N–H and O–H groups in total. The number of fused-ring (bicyclic) bond motifs is 1. The highest BCUT2D eigenvalue weighted by molar-refractivity contribution is 6.04. The first-order valence-electron chi connectivity index (χ1n) is 5.85. The number of aromatic nitrogens is 2. The molecule has 0 aliphatic carbocycles. The molecule has 0 spiro atoms. The van der Waals surface area contributed by atoms with Crippen LogP contribution in [0.2, 0.25) is 0 Å². The quantitative estimate of drug-likeness (QED) is 0.725. The van der Waals surface area contributed by atoms with Crippen molar-refractivity contribution in [1.82, 2.24) is 15.3 Å². The number of benzene rings is 1. The summed E-state index contributed by atoms with van der Waals surface area (Å²) >= 11 is 0. The van der Waals surface area contributed by atoms with E-state index in [1.807, 2.05) is 0 Å².